The third-order valence-electron chi connectivity index (χ3n) is 6.54. The van der Waals surface area contributed by atoms with E-state index in [2.05, 4.69) is 9.69 Å². The lowest BCUT2D eigenvalue weighted by Crippen LogP contribution is -2.44. The fourth-order valence-electron chi connectivity index (χ4n) is 4.34. The van der Waals surface area contributed by atoms with E-state index in [0.717, 1.165) is 33.9 Å². The lowest BCUT2D eigenvalue weighted by Gasteiger charge is -2.33. The van der Waals surface area contributed by atoms with Crippen LogP contribution in [0.25, 0.3) is 0 Å². The maximum Gasteiger partial charge on any atom is 0.273 e. The van der Waals surface area contributed by atoms with Gasteiger partial charge in [-0.25, -0.2) is 0 Å². The van der Waals surface area contributed by atoms with Crippen LogP contribution in [-0.2, 0) is 11.3 Å². The van der Waals surface area contributed by atoms with Crippen LogP contribution in [0.15, 0.2) is 72.8 Å². The van der Waals surface area contributed by atoms with Crippen molar-refractivity contribution in [1.82, 2.24) is 9.69 Å². The average Bonchev–Trinajstić information content (AvgIpc) is 3.33. The molecule has 1 atom stereocenters. The summed E-state index contributed by atoms with van der Waals surface area (Å²) in [5, 5.41) is 3.00. The summed E-state index contributed by atoms with van der Waals surface area (Å²) in [5.41, 5.74) is 16.0. The van der Waals surface area contributed by atoms with Crippen molar-refractivity contribution >= 4 is 46.3 Å². The van der Waals surface area contributed by atoms with E-state index in [4.69, 9.17) is 11.5 Å². The summed E-state index contributed by atoms with van der Waals surface area (Å²) in [6.07, 6.45) is 0. The summed E-state index contributed by atoms with van der Waals surface area (Å²) < 4.78 is 4.02. The van der Waals surface area contributed by atoms with E-state index in [1.807, 2.05) is 106 Å². The molecule has 0 bridgehead atoms. The molecule has 1 unspecified atom stereocenters. The van der Waals surface area contributed by atoms with E-state index in [0.29, 0.717) is 11.3 Å². The highest BCUT2D eigenvalue weighted by atomic mass is 32.1. The first-order chi connectivity index (χ1) is 19.1. The number of nitrogen functional groups attached to an aromatic ring is 1. The molecule has 1 aromatic heterocycles. The first-order valence-electron chi connectivity index (χ1n) is 12.6. The molecular formula is C30H32N6O3S. The summed E-state index contributed by atoms with van der Waals surface area (Å²) in [6, 6.07) is 21.6. The molecule has 4 aromatic rings. The van der Waals surface area contributed by atoms with Crippen molar-refractivity contribution in [2.75, 3.05) is 29.6 Å². The molecule has 0 saturated heterocycles. The van der Waals surface area contributed by atoms with Crippen molar-refractivity contribution in [3.8, 4) is 0 Å². The fraction of sp³-hybridized carbons (Fsp3) is 0.200. The average molecular weight is 557 g/mol. The molecule has 3 amide bonds. The van der Waals surface area contributed by atoms with E-state index in [1.54, 1.807) is 0 Å². The van der Waals surface area contributed by atoms with Crippen LogP contribution in [0.4, 0.5) is 17.1 Å². The van der Waals surface area contributed by atoms with Gasteiger partial charge in [0.2, 0.25) is 5.91 Å². The van der Waals surface area contributed by atoms with E-state index < -0.39 is 17.9 Å². The van der Waals surface area contributed by atoms with Crippen LogP contribution < -0.4 is 26.6 Å². The Morgan fingerprint density at radius 1 is 0.975 bits per heavy atom. The Bertz CT molecular complexity index is 1530. The fourth-order valence-corrected chi connectivity index (χ4v) is 5.08. The number of benzene rings is 3. The van der Waals surface area contributed by atoms with Gasteiger partial charge in [-0.1, -0.05) is 54.6 Å². The Labute approximate surface area is 237 Å². The van der Waals surface area contributed by atoms with E-state index in [-0.39, 0.29) is 28.7 Å². The van der Waals surface area contributed by atoms with Crippen LogP contribution in [0, 0.1) is 13.8 Å². The number of amides is 3. The summed E-state index contributed by atoms with van der Waals surface area (Å²) in [7, 11) is 3.85. The lowest BCUT2D eigenvalue weighted by atomic mass is 10.00. The molecular weight excluding hydrogens is 524 g/mol. The smallest absolute Gasteiger partial charge is 0.273 e. The molecule has 0 radical (unpaired) electrons. The van der Waals surface area contributed by atoms with Crippen molar-refractivity contribution in [2.24, 2.45) is 5.73 Å². The Kier molecular flexibility index (Phi) is 8.49. The molecule has 206 valence electrons. The van der Waals surface area contributed by atoms with Gasteiger partial charge in [0, 0.05) is 32.0 Å². The molecule has 40 heavy (non-hydrogen) atoms. The number of rotatable bonds is 9. The highest BCUT2D eigenvalue weighted by Crippen LogP contribution is 2.35. The van der Waals surface area contributed by atoms with E-state index in [9.17, 15) is 14.4 Å². The summed E-state index contributed by atoms with van der Waals surface area (Å²) in [6.45, 7) is 4.05. The second-order valence-corrected chi connectivity index (χ2v) is 10.5. The second-order valence-electron chi connectivity index (χ2n) is 9.70. The highest BCUT2D eigenvalue weighted by molar-refractivity contribution is 7.09. The predicted molar refractivity (Wildman–Crippen MR) is 160 cm³/mol. The van der Waals surface area contributed by atoms with Crippen molar-refractivity contribution in [2.45, 2.75) is 26.4 Å². The van der Waals surface area contributed by atoms with Crippen LogP contribution in [0.2, 0.25) is 0 Å². The Morgan fingerprint density at radius 2 is 1.65 bits per heavy atom. The number of aromatic nitrogens is 1. The minimum atomic E-state index is -1.06. The molecule has 0 fully saturated rings. The SMILES string of the molecule is Cc1ccc(C)c(N(C(=O)c2snc(C(N)=O)c2N)C(C(=O)NCc2ccccc2)c2ccc(N(C)C)cc2)c1. The van der Waals surface area contributed by atoms with Crippen LogP contribution in [-0.4, -0.2) is 36.2 Å². The van der Waals surface area contributed by atoms with Crippen molar-refractivity contribution in [1.29, 1.82) is 0 Å². The Hall–Kier alpha value is -4.70. The minimum absolute atomic E-state index is 0.0282. The monoisotopic (exact) mass is 556 g/mol. The number of anilines is 3. The quantitative estimate of drug-likeness (QED) is 0.283. The van der Waals surface area contributed by atoms with Crippen molar-refractivity contribution in [3.63, 3.8) is 0 Å². The van der Waals surface area contributed by atoms with Gasteiger partial charge in [0.25, 0.3) is 11.8 Å². The normalized spacial score (nSPS) is 11.5. The summed E-state index contributed by atoms with van der Waals surface area (Å²) in [5.74, 6) is -1.77. The topological polar surface area (TPSA) is 135 Å². The van der Waals surface area contributed by atoms with Crippen LogP contribution in [0.5, 0.6) is 0 Å². The predicted octanol–water partition coefficient (Wildman–Crippen LogP) is 4.21. The molecule has 0 saturated carbocycles. The molecule has 4 rings (SSSR count). The van der Waals surface area contributed by atoms with Gasteiger partial charge >= 0.3 is 0 Å². The third kappa shape index (κ3) is 5.97. The number of nitrogens with zero attached hydrogens (tertiary/aromatic N) is 3. The molecule has 1 heterocycles. The van der Waals surface area contributed by atoms with E-state index in [1.165, 1.54) is 4.90 Å². The number of nitrogens with one attached hydrogen (secondary N) is 1. The van der Waals surface area contributed by atoms with Crippen molar-refractivity contribution < 1.29 is 14.4 Å². The van der Waals surface area contributed by atoms with Gasteiger partial charge in [-0.05, 0) is 65.8 Å². The number of hydrogen-bond donors (Lipinski definition) is 3. The molecule has 0 aliphatic heterocycles. The van der Waals surface area contributed by atoms with Crippen molar-refractivity contribution in [3.05, 3.63) is 106 Å². The minimum Gasteiger partial charge on any atom is -0.395 e. The van der Waals surface area contributed by atoms with Gasteiger partial charge in [0.15, 0.2) is 5.69 Å². The molecule has 5 N–H and O–H groups in total. The molecule has 10 heteroatoms. The Balaban J connectivity index is 1.88. The van der Waals surface area contributed by atoms with Gasteiger partial charge in [0.1, 0.15) is 10.9 Å². The second kappa shape index (κ2) is 12.0. The maximum atomic E-state index is 14.3. The lowest BCUT2D eigenvalue weighted by molar-refractivity contribution is -0.122. The summed E-state index contributed by atoms with van der Waals surface area (Å²) >= 11 is 0.781. The molecule has 3 aromatic carbocycles. The van der Waals surface area contributed by atoms with E-state index >= 15 is 0 Å². The zero-order valence-electron chi connectivity index (χ0n) is 22.8. The van der Waals surface area contributed by atoms with Crippen LogP contribution >= 0.6 is 11.5 Å². The molecule has 0 aliphatic carbocycles. The zero-order chi connectivity index (χ0) is 29.0. The molecule has 0 aliphatic rings. The highest BCUT2D eigenvalue weighted by Gasteiger charge is 2.36. The third-order valence-corrected chi connectivity index (χ3v) is 7.39. The van der Waals surface area contributed by atoms with Gasteiger partial charge in [-0.15, -0.1) is 0 Å². The number of nitrogens with two attached hydrogens (primary N) is 2. The van der Waals surface area contributed by atoms with Gasteiger partial charge in [-0.2, -0.15) is 4.37 Å². The summed E-state index contributed by atoms with van der Waals surface area (Å²) in [4.78, 5) is 43.6. The standard InChI is InChI=1S/C30H32N6O3S/c1-18-10-11-19(2)23(16-18)36(30(39)27-24(31)25(28(32)37)34-40-27)26(21-12-14-22(15-13-21)35(3)4)29(38)33-17-20-8-6-5-7-9-20/h5-16,26H,17,31H2,1-4H3,(H2,32,37)(H,33,38). The maximum absolute atomic E-state index is 14.3. The molecule has 9 nitrogen and oxygen atoms in total. The van der Waals surface area contributed by atoms with Gasteiger partial charge in [-0.3, -0.25) is 19.3 Å². The van der Waals surface area contributed by atoms with Gasteiger partial charge < -0.3 is 21.7 Å². The number of carbonyl (C=O) groups excluding carboxylic acids is 3. The zero-order valence-corrected chi connectivity index (χ0v) is 23.7. The Morgan fingerprint density at radius 3 is 2.25 bits per heavy atom. The van der Waals surface area contributed by atoms with Gasteiger partial charge in [0.05, 0.1) is 5.69 Å². The van der Waals surface area contributed by atoms with Crippen LogP contribution in [0.3, 0.4) is 0 Å². The first kappa shape index (κ1) is 28.3. The number of hydrogen-bond acceptors (Lipinski definition) is 7. The first-order valence-corrected chi connectivity index (χ1v) is 13.4. The number of primary amides is 1. The number of carbonyl (C=O) groups is 3. The molecule has 0 spiro atoms. The largest absolute Gasteiger partial charge is 0.395 e. The number of aryl methyl sites for hydroxylation is 2. The van der Waals surface area contributed by atoms with Crippen LogP contribution in [0.1, 0.15) is 48.5 Å².